The molecule has 0 bridgehead atoms. The molecule has 0 spiro atoms. The lowest BCUT2D eigenvalue weighted by Crippen LogP contribution is -2.24. The van der Waals surface area contributed by atoms with Crippen LogP contribution < -0.4 is 10.8 Å². The van der Waals surface area contributed by atoms with E-state index >= 15 is 0 Å². The Hall–Kier alpha value is -1.29. The molecule has 1 aliphatic rings. The van der Waals surface area contributed by atoms with E-state index in [2.05, 4.69) is 5.32 Å². The lowest BCUT2D eigenvalue weighted by molar-refractivity contribution is -0.105. The molecule has 1 aliphatic heterocycles. The summed E-state index contributed by atoms with van der Waals surface area (Å²) in [5.74, 6) is 0. The second-order valence-corrected chi connectivity index (χ2v) is 4.33. The summed E-state index contributed by atoms with van der Waals surface area (Å²) < 4.78 is 5.84. The molecule has 4 heteroatoms. The SMILES string of the molecule is CB1OC(C)(C)c2cc(NC=O)ccc21. The van der Waals surface area contributed by atoms with Gasteiger partial charge in [-0.2, -0.15) is 0 Å². The lowest BCUT2D eigenvalue weighted by atomic mass is 9.64. The molecule has 0 radical (unpaired) electrons. The summed E-state index contributed by atoms with van der Waals surface area (Å²) in [7, 11) is 0. The molecule has 0 aliphatic carbocycles. The molecular formula is C11H14BNO2. The highest BCUT2D eigenvalue weighted by molar-refractivity contribution is 6.67. The molecule has 0 atom stereocenters. The van der Waals surface area contributed by atoms with Gasteiger partial charge in [0.1, 0.15) is 0 Å². The molecule has 2 rings (SSSR count). The zero-order valence-electron chi connectivity index (χ0n) is 9.20. The summed E-state index contributed by atoms with van der Waals surface area (Å²) >= 11 is 0. The van der Waals surface area contributed by atoms with Gasteiger partial charge in [-0.15, -0.1) is 0 Å². The number of hydrogen-bond acceptors (Lipinski definition) is 2. The van der Waals surface area contributed by atoms with Crippen molar-refractivity contribution in [3.8, 4) is 0 Å². The number of hydrogen-bond donors (Lipinski definition) is 1. The van der Waals surface area contributed by atoms with Gasteiger partial charge in [-0.25, -0.2) is 0 Å². The largest absolute Gasteiger partial charge is 0.422 e. The fourth-order valence-electron chi connectivity index (χ4n) is 2.16. The molecule has 0 saturated carbocycles. The van der Waals surface area contributed by atoms with E-state index in [9.17, 15) is 4.79 Å². The first kappa shape index (κ1) is 10.2. The topological polar surface area (TPSA) is 38.3 Å². The van der Waals surface area contributed by atoms with Crippen LogP contribution in [-0.2, 0) is 15.0 Å². The van der Waals surface area contributed by atoms with Gasteiger partial charge in [-0.1, -0.05) is 12.9 Å². The van der Waals surface area contributed by atoms with E-state index in [1.54, 1.807) is 0 Å². The number of rotatable bonds is 2. The van der Waals surface area contributed by atoms with Crippen molar-refractivity contribution in [2.24, 2.45) is 0 Å². The van der Waals surface area contributed by atoms with E-state index in [-0.39, 0.29) is 12.5 Å². The van der Waals surface area contributed by atoms with Crippen molar-refractivity contribution < 1.29 is 9.45 Å². The van der Waals surface area contributed by atoms with Gasteiger partial charge in [0, 0.05) is 5.69 Å². The maximum atomic E-state index is 10.4. The van der Waals surface area contributed by atoms with E-state index in [0.717, 1.165) is 11.3 Å². The third-order valence-corrected chi connectivity index (χ3v) is 2.84. The van der Waals surface area contributed by atoms with E-state index in [4.69, 9.17) is 4.65 Å². The van der Waals surface area contributed by atoms with Crippen LogP contribution in [0, 0.1) is 0 Å². The standard InChI is InChI=1S/C11H14BNO2/c1-11(2)9-6-8(13-7-14)4-5-10(9)12(3)15-11/h4-7H,1-3H3,(H,13,14). The Morgan fingerprint density at radius 3 is 2.87 bits per heavy atom. The maximum Gasteiger partial charge on any atom is 0.325 e. The number of anilines is 1. The third kappa shape index (κ3) is 1.65. The first-order valence-electron chi connectivity index (χ1n) is 5.07. The fraction of sp³-hybridized carbons (Fsp3) is 0.364. The quantitative estimate of drug-likeness (QED) is 0.581. The number of carbonyl (C=O) groups excluding carboxylic acids is 1. The summed E-state index contributed by atoms with van der Waals surface area (Å²) in [5.41, 5.74) is 2.91. The van der Waals surface area contributed by atoms with E-state index in [1.807, 2.05) is 38.9 Å². The molecule has 0 unspecified atom stereocenters. The summed E-state index contributed by atoms with van der Waals surface area (Å²) in [4.78, 5) is 10.4. The van der Waals surface area contributed by atoms with Gasteiger partial charge >= 0.3 is 6.92 Å². The second kappa shape index (κ2) is 3.38. The van der Waals surface area contributed by atoms with E-state index in [0.29, 0.717) is 6.41 Å². The van der Waals surface area contributed by atoms with Crippen LogP contribution in [-0.4, -0.2) is 13.3 Å². The molecule has 1 aromatic carbocycles. The van der Waals surface area contributed by atoms with Crippen LogP contribution >= 0.6 is 0 Å². The minimum Gasteiger partial charge on any atom is -0.422 e. The number of carbonyl (C=O) groups is 1. The van der Waals surface area contributed by atoms with Gasteiger partial charge in [0.05, 0.1) is 5.60 Å². The van der Waals surface area contributed by atoms with Crippen LogP contribution in [0.4, 0.5) is 5.69 Å². The van der Waals surface area contributed by atoms with Crippen LogP contribution in [0.5, 0.6) is 0 Å². The molecule has 1 heterocycles. The number of fused-ring (bicyclic) bond motifs is 1. The Morgan fingerprint density at radius 2 is 2.20 bits per heavy atom. The van der Waals surface area contributed by atoms with Crippen molar-refractivity contribution in [1.29, 1.82) is 0 Å². The van der Waals surface area contributed by atoms with Crippen LogP contribution in [0.15, 0.2) is 18.2 Å². The third-order valence-electron chi connectivity index (χ3n) is 2.84. The van der Waals surface area contributed by atoms with Crippen molar-refractivity contribution in [2.45, 2.75) is 26.3 Å². The Balaban J connectivity index is 2.47. The van der Waals surface area contributed by atoms with Crippen molar-refractivity contribution in [1.82, 2.24) is 0 Å². The minimum atomic E-state index is -0.269. The molecule has 0 aromatic heterocycles. The summed E-state index contributed by atoms with van der Waals surface area (Å²) in [6, 6.07) is 5.89. The van der Waals surface area contributed by atoms with E-state index in [1.165, 1.54) is 5.46 Å². The summed E-state index contributed by atoms with van der Waals surface area (Å²) in [6.45, 7) is 6.25. The molecule has 0 fully saturated rings. The number of amides is 1. The van der Waals surface area contributed by atoms with Crippen LogP contribution in [0.1, 0.15) is 19.4 Å². The van der Waals surface area contributed by atoms with Gasteiger partial charge in [-0.3, -0.25) is 4.79 Å². The molecule has 15 heavy (non-hydrogen) atoms. The molecule has 3 nitrogen and oxygen atoms in total. The predicted molar refractivity (Wildman–Crippen MR) is 61.5 cm³/mol. The maximum absolute atomic E-state index is 10.4. The first-order chi connectivity index (χ1) is 7.04. The average molecular weight is 203 g/mol. The second-order valence-electron chi connectivity index (χ2n) is 4.33. The van der Waals surface area contributed by atoms with Crippen LogP contribution in [0.3, 0.4) is 0 Å². The molecule has 0 saturated heterocycles. The van der Waals surface area contributed by atoms with E-state index < -0.39 is 0 Å². The predicted octanol–water partition coefficient (Wildman–Crippen LogP) is 1.35. The van der Waals surface area contributed by atoms with Gasteiger partial charge < -0.3 is 9.97 Å². The number of benzene rings is 1. The zero-order valence-corrected chi connectivity index (χ0v) is 9.20. The van der Waals surface area contributed by atoms with Crippen molar-refractivity contribution in [3.63, 3.8) is 0 Å². The average Bonchev–Trinajstić information content (AvgIpc) is 2.38. The molecule has 1 N–H and O–H groups in total. The van der Waals surface area contributed by atoms with Crippen LogP contribution in [0.2, 0.25) is 6.82 Å². The first-order valence-corrected chi connectivity index (χ1v) is 5.07. The summed E-state index contributed by atoms with van der Waals surface area (Å²) in [5, 5.41) is 2.65. The van der Waals surface area contributed by atoms with Crippen molar-refractivity contribution in [3.05, 3.63) is 23.8 Å². The lowest BCUT2D eigenvalue weighted by Gasteiger charge is -2.20. The highest BCUT2D eigenvalue weighted by atomic mass is 16.5. The summed E-state index contributed by atoms with van der Waals surface area (Å²) in [6.07, 6.45) is 0.688. The smallest absolute Gasteiger partial charge is 0.325 e. The number of nitrogens with one attached hydrogen (secondary N) is 1. The molecule has 1 amide bonds. The monoisotopic (exact) mass is 203 g/mol. The molecular weight excluding hydrogens is 189 g/mol. The van der Waals surface area contributed by atoms with Gasteiger partial charge in [-0.05, 0) is 37.0 Å². The fourth-order valence-corrected chi connectivity index (χ4v) is 2.16. The van der Waals surface area contributed by atoms with Gasteiger partial charge in [0.25, 0.3) is 0 Å². The zero-order chi connectivity index (χ0) is 11.1. The Morgan fingerprint density at radius 1 is 1.47 bits per heavy atom. The van der Waals surface area contributed by atoms with Crippen molar-refractivity contribution >= 4 is 24.5 Å². The Labute approximate surface area is 89.9 Å². The highest BCUT2D eigenvalue weighted by Crippen LogP contribution is 2.31. The highest BCUT2D eigenvalue weighted by Gasteiger charge is 2.37. The van der Waals surface area contributed by atoms with Gasteiger partial charge in [0.15, 0.2) is 0 Å². The molecule has 1 aromatic rings. The van der Waals surface area contributed by atoms with Crippen LogP contribution in [0.25, 0.3) is 0 Å². The van der Waals surface area contributed by atoms with Crippen molar-refractivity contribution in [2.75, 3.05) is 5.32 Å². The Kier molecular flexibility index (Phi) is 2.31. The molecule has 78 valence electrons. The normalized spacial score (nSPS) is 17.4. The minimum absolute atomic E-state index is 0.125. The van der Waals surface area contributed by atoms with Gasteiger partial charge in [0.2, 0.25) is 6.41 Å². The Bertz CT molecular complexity index is 404.